The molecule has 20 heavy (non-hydrogen) atoms. The van der Waals surface area contributed by atoms with Gasteiger partial charge in [-0.1, -0.05) is 23.7 Å². The van der Waals surface area contributed by atoms with Gasteiger partial charge < -0.3 is 4.57 Å². The van der Waals surface area contributed by atoms with Crippen LogP contribution >= 0.6 is 23.2 Å². The van der Waals surface area contributed by atoms with Crippen LogP contribution < -0.4 is 0 Å². The quantitative estimate of drug-likeness (QED) is 0.680. The second-order valence-corrected chi connectivity index (χ2v) is 5.34. The Kier molecular flexibility index (Phi) is 3.64. The average molecular weight is 306 g/mol. The summed E-state index contributed by atoms with van der Waals surface area (Å²) in [5.41, 5.74) is 3.89. The molecule has 1 aromatic carbocycles. The molecule has 0 radical (unpaired) electrons. The summed E-state index contributed by atoms with van der Waals surface area (Å²) in [6.07, 6.45) is 1.87. The first-order chi connectivity index (χ1) is 9.69. The van der Waals surface area contributed by atoms with E-state index >= 15 is 0 Å². The molecule has 0 aliphatic rings. The first-order valence-electron chi connectivity index (χ1n) is 6.30. The van der Waals surface area contributed by atoms with Gasteiger partial charge in [0.25, 0.3) is 0 Å². The van der Waals surface area contributed by atoms with E-state index in [0.29, 0.717) is 17.4 Å². The first kappa shape index (κ1) is 13.4. The van der Waals surface area contributed by atoms with Gasteiger partial charge >= 0.3 is 0 Å². The van der Waals surface area contributed by atoms with Gasteiger partial charge in [0.15, 0.2) is 0 Å². The van der Waals surface area contributed by atoms with Crippen molar-refractivity contribution in [1.82, 2.24) is 14.5 Å². The lowest BCUT2D eigenvalue weighted by Gasteiger charge is -2.08. The molecule has 0 saturated carbocycles. The molecule has 2 heterocycles. The summed E-state index contributed by atoms with van der Waals surface area (Å²) in [5.74, 6) is 1.17. The molecule has 3 rings (SSSR count). The van der Waals surface area contributed by atoms with Gasteiger partial charge in [0.1, 0.15) is 5.82 Å². The number of rotatable bonds is 3. The Labute approximate surface area is 127 Å². The maximum absolute atomic E-state index is 6.30. The minimum atomic E-state index is 0.351. The van der Waals surface area contributed by atoms with E-state index in [1.807, 2.05) is 37.4 Å². The number of alkyl halides is 1. The number of fused-ring (bicyclic) bond motifs is 1. The third kappa shape index (κ3) is 2.39. The predicted octanol–water partition coefficient (Wildman–Crippen LogP) is 4.18. The molecule has 3 nitrogen and oxygen atoms in total. The molecule has 0 spiro atoms. The van der Waals surface area contributed by atoms with Gasteiger partial charge in [0.05, 0.1) is 28.5 Å². The van der Waals surface area contributed by atoms with Crippen LogP contribution in [-0.4, -0.2) is 14.5 Å². The van der Waals surface area contributed by atoms with Crippen LogP contribution in [0.25, 0.3) is 11.0 Å². The van der Waals surface area contributed by atoms with Crippen molar-refractivity contribution in [3.05, 3.63) is 58.6 Å². The smallest absolute Gasteiger partial charge is 0.125 e. The molecule has 0 saturated heterocycles. The van der Waals surface area contributed by atoms with Gasteiger partial charge in [-0.3, -0.25) is 4.98 Å². The van der Waals surface area contributed by atoms with Gasteiger partial charge in [0.2, 0.25) is 0 Å². The number of aryl methyl sites for hydroxylation is 1. The Morgan fingerprint density at radius 2 is 2.05 bits per heavy atom. The number of hydrogen-bond donors (Lipinski definition) is 0. The van der Waals surface area contributed by atoms with Gasteiger partial charge in [-0.25, -0.2) is 4.98 Å². The van der Waals surface area contributed by atoms with Crippen LogP contribution in [0.1, 0.15) is 17.1 Å². The minimum absolute atomic E-state index is 0.351. The van der Waals surface area contributed by atoms with Crippen molar-refractivity contribution < 1.29 is 0 Å². The van der Waals surface area contributed by atoms with Crippen molar-refractivity contribution in [2.24, 2.45) is 0 Å². The number of benzene rings is 1. The maximum atomic E-state index is 6.30. The molecule has 102 valence electrons. The summed E-state index contributed by atoms with van der Waals surface area (Å²) >= 11 is 12.3. The standard InChI is InChI=1S/C15H13Cl2N3/c1-10-5-6-11(8-18-10)9-20-14(7-16)19-13-4-2-3-12(17)15(13)20/h2-6,8H,7,9H2,1H3. The number of para-hydroxylation sites is 1. The molecule has 5 heteroatoms. The van der Waals surface area contributed by atoms with Gasteiger partial charge in [0, 0.05) is 11.9 Å². The fourth-order valence-electron chi connectivity index (χ4n) is 2.24. The Bertz CT molecular complexity index is 748. The molecule has 2 aromatic heterocycles. The van der Waals surface area contributed by atoms with E-state index in [9.17, 15) is 0 Å². The van der Waals surface area contributed by atoms with Crippen molar-refractivity contribution >= 4 is 34.2 Å². The van der Waals surface area contributed by atoms with Crippen LogP contribution in [0.5, 0.6) is 0 Å². The van der Waals surface area contributed by atoms with Gasteiger partial charge in [-0.05, 0) is 30.7 Å². The van der Waals surface area contributed by atoms with E-state index in [2.05, 4.69) is 20.6 Å². The molecule has 0 fully saturated rings. The van der Waals surface area contributed by atoms with Gasteiger partial charge in [-0.2, -0.15) is 0 Å². The van der Waals surface area contributed by atoms with E-state index in [1.165, 1.54) is 0 Å². The number of nitrogens with zero attached hydrogens (tertiary/aromatic N) is 3. The Balaban J connectivity index is 2.11. The molecule has 0 aliphatic heterocycles. The third-order valence-corrected chi connectivity index (χ3v) is 3.77. The first-order valence-corrected chi connectivity index (χ1v) is 7.21. The minimum Gasteiger partial charge on any atom is -0.321 e. The lowest BCUT2D eigenvalue weighted by Crippen LogP contribution is -2.04. The molecular weight excluding hydrogens is 293 g/mol. The van der Waals surface area contributed by atoms with E-state index in [4.69, 9.17) is 23.2 Å². The third-order valence-electron chi connectivity index (χ3n) is 3.23. The average Bonchev–Trinajstić information content (AvgIpc) is 2.81. The monoisotopic (exact) mass is 305 g/mol. The van der Waals surface area contributed by atoms with Crippen molar-refractivity contribution in [3.63, 3.8) is 0 Å². The van der Waals surface area contributed by atoms with Crippen molar-refractivity contribution in [2.75, 3.05) is 0 Å². The van der Waals surface area contributed by atoms with Crippen LogP contribution in [0.4, 0.5) is 0 Å². The fraction of sp³-hybridized carbons (Fsp3) is 0.200. The largest absolute Gasteiger partial charge is 0.321 e. The molecule has 0 amide bonds. The zero-order valence-electron chi connectivity index (χ0n) is 11.0. The lowest BCUT2D eigenvalue weighted by atomic mass is 10.2. The van der Waals surface area contributed by atoms with E-state index in [1.54, 1.807) is 0 Å². The van der Waals surface area contributed by atoms with Crippen molar-refractivity contribution in [2.45, 2.75) is 19.3 Å². The molecule has 0 N–H and O–H groups in total. The summed E-state index contributed by atoms with van der Waals surface area (Å²) in [5, 5.41) is 0.687. The van der Waals surface area contributed by atoms with Crippen LogP contribution in [0, 0.1) is 6.92 Å². The number of aromatic nitrogens is 3. The highest BCUT2D eigenvalue weighted by atomic mass is 35.5. The Morgan fingerprint density at radius 1 is 1.20 bits per heavy atom. The van der Waals surface area contributed by atoms with Crippen LogP contribution in [0.15, 0.2) is 36.5 Å². The zero-order valence-corrected chi connectivity index (χ0v) is 12.5. The molecular formula is C15H13Cl2N3. The number of halogens is 2. The normalized spacial score (nSPS) is 11.2. The summed E-state index contributed by atoms with van der Waals surface area (Å²) in [6.45, 7) is 2.63. The summed E-state index contributed by atoms with van der Waals surface area (Å²) in [7, 11) is 0. The van der Waals surface area contributed by atoms with Crippen LogP contribution in [0.3, 0.4) is 0 Å². The molecule has 0 aliphatic carbocycles. The highest BCUT2D eigenvalue weighted by Crippen LogP contribution is 2.26. The lowest BCUT2D eigenvalue weighted by molar-refractivity contribution is 0.774. The Hall–Kier alpha value is -1.58. The van der Waals surface area contributed by atoms with Gasteiger partial charge in [-0.15, -0.1) is 11.6 Å². The highest BCUT2D eigenvalue weighted by Gasteiger charge is 2.13. The van der Waals surface area contributed by atoms with Crippen LogP contribution in [-0.2, 0) is 12.4 Å². The second-order valence-electron chi connectivity index (χ2n) is 4.66. The van der Waals surface area contributed by atoms with Crippen molar-refractivity contribution in [1.29, 1.82) is 0 Å². The maximum Gasteiger partial charge on any atom is 0.125 e. The second kappa shape index (κ2) is 5.43. The zero-order chi connectivity index (χ0) is 14.1. The fourth-order valence-corrected chi connectivity index (χ4v) is 2.71. The highest BCUT2D eigenvalue weighted by molar-refractivity contribution is 6.35. The summed E-state index contributed by atoms with van der Waals surface area (Å²) in [6, 6.07) is 9.77. The predicted molar refractivity (Wildman–Crippen MR) is 82.4 cm³/mol. The molecule has 0 unspecified atom stereocenters. The SMILES string of the molecule is Cc1ccc(Cn2c(CCl)nc3cccc(Cl)c32)cn1. The number of pyridine rings is 1. The molecule has 3 aromatic rings. The molecule has 0 atom stereocenters. The summed E-state index contributed by atoms with van der Waals surface area (Å²) < 4.78 is 2.05. The van der Waals surface area contributed by atoms with Crippen molar-refractivity contribution in [3.8, 4) is 0 Å². The Morgan fingerprint density at radius 3 is 2.75 bits per heavy atom. The van der Waals surface area contributed by atoms with E-state index in [-0.39, 0.29) is 0 Å². The van der Waals surface area contributed by atoms with E-state index < -0.39 is 0 Å². The number of hydrogen-bond acceptors (Lipinski definition) is 2. The number of imidazole rings is 1. The molecule has 0 bridgehead atoms. The summed E-state index contributed by atoms with van der Waals surface area (Å²) in [4.78, 5) is 8.85. The van der Waals surface area contributed by atoms with Crippen LogP contribution in [0.2, 0.25) is 5.02 Å². The topological polar surface area (TPSA) is 30.7 Å². The van der Waals surface area contributed by atoms with E-state index in [0.717, 1.165) is 28.1 Å².